The van der Waals surface area contributed by atoms with Crippen molar-refractivity contribution in [2.24, 2.45) is 11.8 Å². The van der Waals surface area contributed by atoms with Crippen LogP contribution in [0.5, 0.6) is 5.75 Å². The molecule has 2 heterocycles. The number of para-hydroxylation sites is 1. The minimum absolute atomic E-state index is 0.0153. The summed E-state index contributed by atoms with van der Waals surface area (Å²) in [5.74, 6) is -1.03. The Morgan fingerprint density at radius 3 is 2.58 bits per heavy atom. The van der Waals surface area contributed by atoms with E-state index in [1.165, 1.54) is 13.8 Å². The maximum atomic E-state index is 11.7. The number of aryl methyl sites for hydroxylation is 1. The standard InChI is InChI=1S/C20H26O6/c1-12-13(2)19(24-15(4)22)20(26-18(12)11-23-14(3)21)10-9-16-7-5-6-8-17(16)25-20/h5-8,12-13,18-19H,9-11H2,1-4H3. The first-order chi connectivity index (χ1) is 12.3. The van der Waals surface area contributed by atoms with E-state index >= 15 is 0 Å². The van der Waals surface area contributed by atoms with Gasteiger partial charge in [0.2, 0.25) is 5.79 Å². The Bertz CT molecular complexity index is 685. The molecular formula is C20H26O6. The molecule has 0 N–H and O–H groups in total. The van der Waals surface area contributed by atoms with Gasteiger partial charge in [0.05, 0.1) is 6.10 Å². The molecule has 142 valence electrons. The molecule has 1 saturated heterocycles. The second-order valence-electron chi connectivity index (χ2n) is 7.23. The molecule has 1 aromatic rings. The van der Waals surface area contributed by atoms with Crippen molar-refractivity contribution >= 4 is 11.9 Å². The first kappa shape index (κ1) is 18.7. The van der Waals surface area contributed by atoms with E-state index in [0.717, 1.165) is 17.7 Å². The number of hydrogen-bond acceptors (Lipinski definition) is 6. The van der Waals surface area contributed by atoms with Crippen LogP contribution in [0.3, 0.4) is 0 Å². The highest BCUT2D eigenvalue weighted by atomic mass is 16.7. The van der Waals surface area contributed by atoms with Gasteiger partial charge in [-0.2, -0.15) is 0 Å². The van der Waals surface area contributed by atoms with Crippen LogP contribution in [-0.4, -0.2) is 36.5 Å². The van der Waals surface area contributed by atoms with E-state index in [9.17, 15) is 9.59 Å². The molecule has 0 amide bonds. The van der Waals surface area contributed by atoms with E-state index in [1.54, 1.807) is 0 Å². The van der Waals surface area contributed by atoms with Crippen LogP contribution in [0.4, 0.5) is 0 Å². The second-order valence-corrected chi connectivity index (χ2v) is 7.23. The fourth-order valence-corrected chi connectivity index (χ4v) is 3.85. The Labute approximate surface area is 153 Å². The molecule has 1 spiro atoms. The maximum Gasteiger partial charge on any atom is 0.303 e. The summed E-state index contributed by atoms with van der Waals surface area (Å²) in [5, 5.41) is 0. The van der Waals surface area contributed by atoms with Gasteiger partial charge in [-0.25, -0.2) is 0 Å². The lowest BCUT2D eigenvalue weighted by Crippen LogP contribution is -2.64. The van der Waals surface area contributed by atoms with Crippen molar-refractivity contribution in [1.82, 2.24) is 0 Å². The third kappa shape index (κ3) is 3.56. The monoisotopic (exact) mass is 362 g/mol. The molecule has 0 saturated carbocycles. The topological polar surface area (TPSA) is 71.1 Å². The fraction of sp³-hybridized carbons (Fsp3) is 0.600. The van der Waals surface area contributed by atoms with Gasteiger partial charge in [-0.3, -0.25) is 9.59 Å². The largest absolute Gasteiger partial charge is 0.463 e. The number of esters is 2. The van der Waals surface area contributed by atoms with Crippen LogP contribution in [0.1, 0.15) is 39.7 Å². The van der Waals surface area contributed by atoms with Gasteiger partial charge in [0.25, 0.3) is 0 Å². The first-order valence-corrected chi connectivity index (χ1v) is 9.08. The van der Waals surface area contributed by atoms with E-state index < -0.39 is 11.9 Å². The van der Waals surface area contributed by atoms with Gasteiger partial charge in [0.15, 0.2) is 6.10 Å². The number of carbonyl (C=O) groups excluding carboxylic acids is 2. The van der Waals surface area contributed by atoms with E-state index in [1.807, 2.05) is 38.1 Å². The summed E-state index contributed by atoms with van der Waals surface area (Å²) in [6.45, 7) is 6.96. The summed E-state index contributed by atoms with van der Waals surface area (Å²) in [4.78, 5) is 23.0. The van der Waals surface area contributed by atoms with Gasteiger partial charge >= 0.3 is 11.9 Å². The van der Waals surface area contributed by atoms with Gasteiger partial charge in [0, 0.05) is 26.2 Å². The fourth-order valence-electron chi connectivity index (χ4n) is 3.85. The van der Waals surface area contributed by atoms with Gasteiger partial charge < -0.3 is 18.9 Å². The second kappa shape index (κ2) is 7.27. The lowest BCUT2D eigenvalue weighted by atomic mass is 9.77. The van der Waals surface area contributed by atoms with Crippen molar-refractivity contribution in [2.75, 3.05) is 6.61 Å². The van der Waals surface area contributed by atoms with Gasteiger partial charge in [0.1, 0.15) is 12.4 Å². The average molecular weight is 362 g/mol. The molecule has 6 nitrogen and oxygen atoms in total. The van der Waals surface area contributed by atoms with E-state index in [4.69, 9.17) is 18.9 Å². The molecule has 5 atom stereocenters. The zero-order chi connectivity index (χ0) is 18.9. The van der Waals surface area contributed by atoms with E-state index in [-0.39, 0.29) is 36.5 Å². The number of ether oxygens (including phenoxy) is 4. The normalized spacial score (nSPS) is 33.1. The average Bonchev–Trinajstić information content (AvgIpc) is 2.60. The molecule has 5 unspecified atom stereocenters. The zero-order valence-corrected chi connectivity index (χ0v) is 15.7. The van der Waals surface area contributed by atoms with E-state index in [2.05, 4.69) is 0 Å². The number of hydrogen-bond donors (Lipinski definition) is 0. The Balaban J connectivity index is 1.92. The highest BCUT2D eigenvalue weighted by Gasteiger charge is 2.57. The SMILES string of the molecule is CC(=O)OCC1OC2(CCc3ccccc3O2)C(OC(C)=O)C(C)C1C. The predicted molar refractivity (Wildman–Crippen MR) is 93.5 cm³/mol. The van der Waals surface area contributed by atoms with Crippen LogP contribution in [-0.2, 0) is 30.2 Å². The van der Waals surface area contributed by atoms with Crippen LogP contribution in [0.15, 0.2) is 24.3 Å². The minimum atomic E-state index is -1.07. The lowest BCUT2D eigenvalue weighted by Gasteiger charge is -2.52. The Kier molecular flexibility index (Phi) is 5.23. The quantitative estimate of drug-likeness (QED) is 0.770. The molecule has 1 aromatic carbocycles. The van der Waals surface area contributed by atoms with Gasteiger partial charge in [-0.1, -0.05) is 32.0 Å². The number of benzene rings is 1. The molecule has 0 bridgehead atoms. The van der Waals surface area contributed by atoms with Crippen molar-refractivity contribution in [3.63, 3.8) is 0 Å². The Hall–Kier alpha value is -2.08. The number of carbonyl (C=O) groups is 2. The highest BCUT2D eigenvalue weighted by molar-refractivity contribution is 5.66. The van der Waals surface area contributed by atoms with Gasteiger partial charge in [-0.05, 0) is 24.0 Å². The Morgan fingerprint density at radius 1 is 1.15 bits per heavy atom. The number of fused-ring (bicyclic) bond motifs is 1. The molecule has 0 aliphatic carbocycles. The van der Waals surface area contributed by atoms with Crippen LogP contribution in [0, 0.1) is 11.8 Å². The third-order valence-electron chi connectivity index (χ3n) is 5.42. The number of rotatable bonds is 3. The van der Waals surface area contributed by atoms with Crippen molar-refractivity contribution in [3.8, 4) is 5.75 Å². The molecular weight excluding hydrogens is 336 g/mol. The summed E-state index contributed by atoms with van der Waals surface area (Å²) in [5.41, 5.74) is 1.10. The van der Waals surface area contributed by atoms with Crippen LogP contribution < -0.4 is 4.74 Å². The Morgan fingerprint density at radius 2 is 1.88 bits per heavy atom. The molecule has 6 heteroatoms. The van der Waals surface area contributed by atoms with Crippen molar-refractivity contribution in [3.05, 3.63) is 29.8 Å². The first-order valence-electron chi connectivity index (χ1n) is 9.08. The van der Waals surface area contributed by atoms with Crippen LogP contribution >= 0.6 is 0 Å². The zero-order valence-electron chi connectivity index (χ0n) is 15.7. The van der Waals surface area contributed by atoms with E-state index in [0.29, 0.717) is 6.42 Å². The van der Waals surface area contributed by atoms with Crippen molar-refractivity contribution in [2.45, 2.75) is 58.5 Å². The van der Waals surface area contributed by atoms with Crippen molar-refractivity contribution < 1.29 is 28.5 Å². The summed E-state index contributed by atoms with van der Waals surface area (Å²) in [6, 6.07) is 7.80. The van der Waals surface area contributed by atoms with Crippen LogP contribution in [0.25, 0.3) is 0 Å². The summed E-state index contributed by atoms with van der Waals surface area (Å²) in [7, 11) is 0. The van der Waals surface area contributed by atoms with Gasteiger partial charge in [-0.15, -0.1) is 0 Å². The van der Waals surface area contributed by atoms with Crippen LogP contribution in [0.2, 0.25) is 0 Å². The van der Waals surface area contributed by atoms with Crippen molar-refractivity contribution in [1.29, 1.82) is 0 Å². The minimum Gasteiger partial charge on any atom is -0.463 e. The molecule has 1 fully saturated rings. The molecule has 0 radical (unpaired) electrons. The predicted octanol–water partition coefficient (Wildman–Crippen LogP) is 2.87. The summed E-state index contributed by atoms with van der Waals surface area (Å²) in [6.07, 6.45) is 0.466. The third-order valence-corrected chi connectivity index (χ3v) is 5.42. The molecule has 2 aliphatic rings. The lowest BCUT2D eigenvalue weighted by molar-refractivity contribution is -0.324. The molecule has 3 rings (SSSR count). The molecule has 2 aliphatic heterocycles. The highest BCUT2D eigenvalue weighted by Crippen LogP contribution is 2.46. The molecule has 0 aromatic heterocycles. The summed E-state index contributed by atoms with van der Waals surface area (Å²) < 4.78 is 23.5. The summed E-state index contributed by atoms with van der Waals surface area (Å²) >= 11 is 0. The smallest absolute Gasteiger partial charge is 0.303 e. The maximum absolute atomic E-state index is 11.7. The molecule has 26 heavy (non-hydrogen) atoms.